The standard InChI is InChI=1S/C12H11N3S/c13-9-3-1-2-8(6-9)12-15-10-4-5-14-7-11(10)16-12/h1,3-8H,2,13H2. The van der Waals surface area contributed by atoms with Crippen LogP contribution in [0.3, 0.4) is 0 Å². The summed E-state index contributed by atoms with van der Waals surface area (Å²) in [6.07, 6.45) is 10.7. The first-order valence-corrected chi connectivity index (χ1v) is 5.99. The van der Waals surface area contributed by atoms with Gasteiger partial charge in [0.1, 0.15) is 5.01 Å². The van der Waals surface area contributed by atoms with Crippen LogP contribution in [0.2, 0.25) is 0 Å². The zero-order valence-electron chi connectivity index (χ0n) is 8.63. The number of thiazole rings is 1. The van der Waals surface area contributed by atoms with Crippen LogP contribution in [0.25, 0.3) is 10.2 Å². The van der Waals surface area contributed by atoms with Gasteiger partial charge in [-0.25, -0.2) is 4.98 Å². The van der Waals surface area contributed by atoms with E-state index >= 15 is 0 Å². The number of rotatable bonds is 1. The van der Waals surface area contributed by atoms with E-state index in [0.717, 1.165) is 27.3 Å². The van der Waals surface area contributed by atoms with Crippen molar-refractivity contribution in [1.29, 1.82) is 0 Å². The lowest BCUT2D eigenvalue weighted by molar-refractivity contribution is 0.833. The van der Waals surface area contributed by atoms with Gasteiger partial charge in [0.15, 0.2) is 0 Å². The molecule has 1 aliphatic carbocycles. The van der Waals surface area contributed by atoms with Gasteiger partial charge < -0.3 is 5.73 Å². The molecule has 0 saturated carbocycles. The first-order chi connectivity index (χ1) is 7.83. The minimum atomic E-state index is 0.322. The third kappa shape index (κ3) is 1.61. The van der Waals surface area contributed by atoms with E-state index in [4.69, 9.17) is 5.73 Å². The molecule has 0 saturated heterocycles. The van der Waals surface area contributed by atoms with Gasteiger partial charge in [0.25, 0.3) is 0 Å². The first kappa shape index (κ1) is 9.54. The number of allylic oxidation sites excluding steroid dienone is 3. The molecule has 16 heavy (non-hydrogen) atoms. The fraction of sp³-hybridized carbons (Fsp3) is 0.167. The molecule has 0 aliphatic heterocycles. The van der Waals surface area contributed by atoms with Crippen molar-refractivity contribution in [2.24, 2.45) is 5.73 Å². The molecule has 0 radical (unpaired) electrons. The van der Waals surface area contributed by atoms with Gasteiger partial charge in [-0.05, 0) is 18.6 Å². The van der Waals surface area contributed by atoms with Gasteiger partial charge in [-0.15, -0.1) is 11.3 Å². The maximum Gasteiger partial charge on any atom is 0.101 e. The Hall–Kier alpha value is -1.68. The van der Waals surface area contributed by atoms with Crippen LogP contribution >= 0.6 is 11.3 Å². The SMILES string of the molecule is NC1=CC(c2nc3ccncc3s2)CC=C1. The lowest BCUT2D eigenvalue weighted by Crippen LogP contribution is -2.03. The van der Waals surface area contributed by atoms with Gasteiger partial charge >= 0.3 is 0 Å². The second kappa shape index (κ2) is 3.72. The Bertz CT molecular complexity index is 550. The van der Waals surface area contributed by atoms with E-state index in [1.54, 1.807) is 17.5 Å². The van der Waals surface area contributed by atoms with Crippen molar-refractivity contribution in [2.75, 3.05) is 0 Å². The number of hydrogen-bond acceptors (Lipinski definition) is 4. The molecule has 3 nitrogen and oxygen atoms in total. The highest BCUT2D eigenvalue weighted by molar-refractivity contribution is 7.18. The summed E-state index contributed by atoms with van der Waals surface area (Å²) in [7, 11) is 0. The van der Waals surface area contributed by atoms with Crippen molar-refractivity contribution in [3.05, 3.63) is 47.4 Å². The van der Waals surface area contributed by atoms with E-state index in [9.17, 15) is 0 Å². The van der Waals surface area contributed by atoms with Gasteiger partial charge in [-0.2, -0.15) is 0 Å². The van der Waals surface area contributed by atoms with Crippen molar-refractivity contribution >= 4 is 21.6 Å². The Balaban J connectivity index is 2.03. The first-order valence-electron chi connectivity index (χ1n) is 5.17. The van der Waals surface area contributed by atoms with Crippen molar-refractivity contribution in [3.63, 3.8) is 0 Å². The van der Waals surface area contributed by atoms with Gasteiger partial charge in [0.05, 0.1) is 10.2 Å². The summed E-state index contributed by atoms with van der Waals surface area (Å²) in [6.45, 7) is 0. The van der Waals surface area contributed by atoms with Crippen LogP contribution in [0, 0.1) is 0 Å². The molecule has 2 N–H and O–H groups in total. The molecule has 3 rings (SSSR count). The molecule has 4 heteroatoms. The highest BCUT2D eigenvalue weighted by atomic mass is 32.1. The summed E-state index contributed by atoms with van der Waals surface area (Å²) in [5.41, 5.74) is 7.65. The summed E-state index contributed by atoms with van der Waals surface area (Å²) < 4.78 is 1.14. The maximum absolute atomic E-state index is 5.80. The molecule has 0 aromatic carbocycles. The highest BCUT2D eigenvalue weighted by Crippen LogP contribution is 2.31. The predicted molar refractivity (Wildman–Crippen MR) is 66.2 cm³/mol. The van der Waals surface area contributed by atoms with E-state index in [1.807, 2.05) is 18.3 Å². The lowest BCUT2D eigenvalue weighted by atomic mass is 10.0. The van der Waals surface area contributed by atoms with Gasteiger partial charge in [0, 0.05) is 24.0 Å². The van der Waals surface area contributed by atoms with Crippen molar-refractivity contribution in [3.8, 4) is 0 Å². The van der Waals surface area contributed by atoms with Crippen LogP contribution in [0.4, 0.5) is 0 Å². The second-order valence-corrected chi connectivity index (χ2v) is 4.87. The van der Waals surface area contributed by atoms with E-state index in [0.29, 0.717) is 5.92 Å². The van der Waals surface area contributed by atoms with Crippen LogP contribution in [-0.2, 0) is 0 Å². The van der Waals surface area contributed by atoms with Gasteiger partial charge in [-0.3, -0.25) is 4.98 Å². The number of nitrogens with zero attached hydrogens (tertiary/aromatic N) is 2. The molecule has 2 aromatic heterocycles. The summed E-state index contributed by atoms with van der Waals surface area (Å²) >= 11 is 1.70. The monoisotopic (exact) mass is 229 g/mol. The molecule has 1 aliphatic rings. The maximum atomic E-state index is 5.80. The third-order valence-corrected chi connectivity index (χ3v) is 3.76. The molecule has 80 valence electrons. The smallest absolute Gasteiger partial charge is 0.101 e. The van der Waals surface area contributed by atoms with Crippen molar-refractivity contribution < 1.29 is 0 Å². The van der Waals surface area contributed by atoms with Crippen LogP contribution in [-0.4, -0.2) is 9.97 Å². The Morgan fingerprint density at radius 3 is 3.19 bits per heavy atom. The average Bonchev–Trinajstić information content (AvgIpc) is 2.72. The number of nitrogens with two attached hydrogens (primary N) is 1. The van der Waals surface area contributed by atoms with Crippen LogP contribution in [0.5, 0.6) is 0 Å². The molecule has 0 bridgehead atoms. The normalized spacial score (nSPS) is 20.0. The van der Waals surface area contributed by atoms with E-state index < -0.39 is 0 Å². The summed E-state index contributed by atoms with van der Waals surface area (Å²) in [4.78, 5) is 8.72. The zero-order valence-corrected chi connectivity index (χ0v) is 9.45. The minimum absolute atomic E-state index is 0.322. The van der Waals surface area contributed by atoms with E-state index in [2.05, 4.69) is 22.1 Å². The Labute approximate surface area is 97.3 Å². The fourth-order valence-corrected chi connectivity index (χ4v) is 2.85. The molecular weight excluding hydrogens is 218 g/mol. The Kier molecular flexibility index (Phi) is 2.22. The second-order valence-electron chi connectivity index (χ2n) is 3.81. The Morgan fingerprint density at radius 1 is 1.44 bits per heavy atom. The number of aromatic nitrogens is 2. The lowest BCUT2D eigenvalue weighted by Gasteiger charge is -2.11. The largest absolute Gasteiger partial charge is 0.399 e. The quantitative estimate of drug-likeness (QED) is 0.817. The predicted octanol–water partition coefficient (Wildman–Crippen LogP) is 2.58. The van der Waals surface area contributed by atoms with Crippen molar-refractivity contribution in [2.45, 2.75) is 12.3 Å². The van der Waals surface area contributed by atoms with E-state index in [-0.39, 0.29) is 0 Å². The van der Waals surface area contributed by atoms with Gasteiger partial charge in [-0.1, -0.05) is 12.2 Å². The molecule has 1 unspecified atom stereocenters. The fourth-order valence-electron chi connectivity index (χ4n) is 1.84. The molecular formula is C12H11N3S. The molecule has 0 fully saturated rings. The summed E-state index contributed by atoms with van der Waals surface area (Å²) in [5.74, 6) is 0.322. The molecule has 2 heterocycles. The third-order valence-electron chi connectivity index (χ3n) is 2.62. The van der Waals surface area contributed by atoms with Crippen LogP contribution in [0.15, 0.2) is 42.4 Å². The number of pyridine rings is 1. The summed E-state index contributed by atoms with van der Waals surface area (Å²) in [5, 5.41) is 1.12. The number of fused-ring (bicyclic) bond motifs is 1. The average molecular weight is 229 g/mol. The summed E-state index contributed by atoms with van der Waals surface area (Å²) in [6, 6.07) is 1.95. The zero-order chi connectivity index (χ0) is 11.0. The van der Waals surface area contributed by atoms with Crippen LogP contribution < -0.4 is 5.73 Å². The molecule has 0 amide bonds. The minimum Gasteiger partial charge on any atom is -0.399 e. The van der Waals surface area contributed by atoms with Crippen molar-refractivity contribution in [1.82, 2.24) is 9.97 Å². The Morgan fingerprint density at radius 2 is 2.38 bits per heavy atom. The van der Waals surface area contributed by atoms with E-state index in [1.165, 1.54) is 0 Å². The molecule has 1 atom stereocenters. The van der Waals surface area contributed by atoms with Crippen LogP contribution in [0.1, 0.15) is 17.3 Å². The number of hydrogen-bond donors (Lipinski definition) is 1. The topological polar surface area (TPSA) is 51.8 Å². The van der Waals surface area contributed by atoms with Gasteiger partial charge in [0.2, 0.25) is 0 Å². The molecule has 2 aromatic rings. The highest BCUT2D eigenvalue weighted by Gasteiger charge is 2.15. The molecule has 0 spiro atoms.